The van der Waals surface area contributed by atoms with Crippen LogP contribution in [0.1, 0.15) is 22.3 Å². The van der Waals surface area contributed by atoms with E-state index in [1.54, 1.807) is 18.4 Å². The average Bonchev–Trinajstić information content (AvgIpc) is 2.72. The topological polar surface area (TPSA) is 72.3 Å². The molecular formula is C21H21Cl2N3O3. The normalized spacial score (nSPS) is 11.2. The summed E-state index contributed by atoms with van der Waals surface area (Å²) in [5.41, 5.74) is 3.53. The summed E-state index contributed by atoms with van der Waals surface area (Å²) in [5, 5.41) is 10.4. The molecule has 1 N–H and O–H groups in total. The molecule has 152 valence electrons. The summed E-state index contributed by atoms with van der Waals surface area (Å²) in [6.07, 6.45) is 3.95. The molecule has 0 saturated carbocycles. The molecule has 6 nitrogen and oxygen atoms in total. The molecule has 0 saturated heterocycles. The lowest BCUT2D eigenvalue weighted by Crippen LogP contribution is -2.29. The fraction of sp³-hybridized carbons (Fsp3) is 0.190. The Kier molecular flexibility index (Phi) is 9.21. The van der Waals surface area contributed by atoms with Crippen molar-refractivity contribution >= 4 is 47.1 Å². The Morgan fingerprint density at radius 2 is 1.86 bits per heavy atom. The fourth-order valence-electron chi connectivity index (χ4n) is 2.48. The van der Waals surface area contributed by atoms with Crippen LogP contribution in [-0.2, 0) is 27.5 Å². The van der Waals surface area contributed by atoms with E-state index < -0.39 is 0 Å². The molecule has 0 aliphatic heterocycles. The molecule has 0 heterocycles. The van der Waals surface area contributed by atoms with Gasteiger partial charge in [0.05, 0.1) is 0 Å². The van der Waals surface area contributed by atoms with E-state index in [1.165, 1.54) is 14.2 Å². The minimum atomic E-state index is -0.350. The van der Waals surface area contributed by atoms with Gasteiger partial charge in [0.15, 0.2) is 5.71 Å². The summed E-state index contributed by atoms with van der Waals surface area (Å²) < 4.78 is 0.211. The van der Waals surface area contributed by atoms with E-state index in [-0.39, 0.29) is 22.7 Å². The number of hydrogen-bond donors (Lipinski definition) is 1. The maximum Gasteiger partial charge on any atom is 0.273 e. The monoisotopic (exact) mass is 433 g/mol. The maximum atomic E-state index is 12.1. The summed E-state index contributed by atoms with van der Waals surface area (Å²) in [6.45, 7) is 0.185. The largest absolute Gasteiger partial charge is 0.398 e. The van der Waals surface area contributed by atoms with Crippen LogP contribution in [0.25, 0.3) is 6.08 Å². The first-order valence-corrected chi connectivity index (χ1v) is 9.47. The van der Waals surface area contributed by atoms with Crippen molar-refractivity contribution in [3.63, 3.8) is 0 Å². The van der Waals surface area contributed by atoms with Crippen LogP contribution in [0.4, 0.5) is 0 Å². The number of nitrogens with zero attached hydrogens (tertiary/aromatic N) is 2. The molecule has 0 atom stereocenters. The molecule has 8 heteroatoms. The van der Waals surface area contributed by atoms with Gasteiger partial charge in [-0.2, -0.15) is 0 Å². The Morgan fingerprint density at radius 3 is 2.52 bits per heavy atom. The van der Waals surface area contributed by atoms with Gasteiger partial charge in [0.1, 0.15) is 18.2 Å². The van der Waals surface area contributed by atoms with Crippen LogP contribution in [0.5, 0.6) is 0 Å². The molecule has 0 aromatic heterocycles. The number of likely N-dealkylation sites (N-methyl/N-ethyl adjacent to an activating group) is 1. The third-order valence-corrected chi connectivity index (χ3v) is 4.07. The molecule has 0 fully saturated rings. The number of nitrogens with one attached hydrogen (secondary N) is 1. The first-order chi connectivity index (χ1) is 14.0. The zero-order chi connectivity index (χ0) is 21.1. The molecular weight excluding hydrogens is 413 g/mol. The zero-order valence-corrected chi connectivity index (χ0v) is 17.6. The summed E-state index contributed by atoms with van der Waals surface area (Å²) in [4.78, 5) is 22.3. The smallest absolute Gasteiger partial charge is 0.273 e. The van der Waals surface area contributed by atoms with Crippen molar-refractivity contribution in [3.8, 4) is 0 Å². The van der Waals surface area contributed by atoms with E-state index in [4.69, 9.17) is 32.9 Å². The lowest BCUT2D eigenvalue weighted by atomic mass is 10.0. The van der Waals surface area contributed by atoms with Crippen molar-refractivity contribution in [2.45, 2.75) is 13.0 Å². The molecule has 1 amide bonds. The fourth-order valence-corrected chi connectivity index (χ4v) is 2.73. The molecule has 0 bridgehead atoms. The highest BCUT2D eigenvalue weighted by molar-refractivity contribution is 6.57. The molecule has 0 aliphatic carbocycles. The van der Waals surface area contributed by atoms with Crippen LogP contribution in [0.15, 0.2) is 63.3 Å². The van der Waals surface area contributed by atoms with Gasteiger partial charge in [-0.25, -0.2) is 0 Å². The number of carbonyl (C=O) groups excluding carboxylic acids is 1. The van der Waals surface area contributed by atoms with Gasteiger partial charge in [0, 0.05) is 30.8 Å². The Morgan fingerprint density at radius 1 is 1.14 bits per heavy atom. The van der Waals surface area contributed by atoms with Crippen LogP contribution in [-0.4, -0.2) is 32.0 Å². The quantitative estimate of drug-likeness (QED) is 0.473. The number of benzene rings is 2. The van der Waals surface area contributed by atoms with E-state index in [0.29, 0.717) is 12.0 Å². The lowest BCUT2D eigenvalue weighted by molar-refractivity contribution is -0.114. The van der Waals surface area contributed by atoms with Crippen molar-refractivity contribution in [3.05, 3.63) is 75.3 Å². The molecule has 2 rings (SSSR count). The molecule has 0 aliphatic rings. The van der Waals surface area contributed by atoms with Gasteiger partial charge in [-0.15, -0.1) is 0 Å². The second-order valence-corrected chi connectivity index (χ2v) is 6.81. The van der Waals surface area contributed by atoms with E-state index in [0.717, 1.165) is 16.7 Å². The average molecular weight is 434 g/mol. The van der Waals surface area contributed by atoms with Gasteiger partial charge in [0.25, 0.3) is 5.91 Å². The van der Waals surface area contributed by atoms with E-state index in [2.05, 4.69) is 15.6 Å². The molecule has 29 heavy (non-hydrogen) atoms. The van der Waals surface area contributed by atoms with Gasteiger partial charge in [-0.05, 0) is 17.2 Å². The Labute approximate surface area is 179 Å². The van der Waals surface area contributed by atoms with Crippen LogP contribution < -0.4 is 5.32 Å². The van der Waals surface area contributed by atoms with Crippen molar-refractivity contribution in [1.82, 2.24) is 5.32 Å². The molecule has 0 unspecified atom stereocenters. The third kappa shape index (κ3) is 7.25. The van der Waals surface area contributed by atoms with Gasteiger partial charge in [-0.1, -0.05) is 82.0 Å². The highest BCUT2D eigenvalue weighted by Crippen LogP contribution is 2.15. The van der Waals surface area contributed by atoms with Gasteiger partial charge in [-0.3, -0.25) is 4.79 Å². The van der Waals surface area contributed by atoms with Gasteiger partial charge >= 0.3 is 0 Å². The second-order valence-electron chi connectivity index (χ2n) is 5.80. The van der Waals surface area contributed by atoms with Crippen molar-refractivity contribution in [2.75, 3.05) is 14.2 Å². The van der Waals surface area contributed by atoms with E-state index in [9.17, 15) is 4.79 Å². The Bertz CT molecular complexity index is 906. The minimum absolute atomic E-state index is 0.171. The first kappa shape index (κ1) is 22.5. The summed E-state index contributed by atoms with van der Waals surface area (Å²) in [7, 11) is 2.92. The highest BCUT2D eigenvalue weighted by Gasteiger charge is 2.17. The van der Waals surface area contributed by atoms with Crippen LogP contribution in [0.2, 0.25) is 0 Å². The summed E-state index contributed by atoms with van der Waals surface area (Å²) in [6, 6.07) is 15.0. The third-order valence-electron chi connectivity index (χ3n) is 3.85. The second kappa shape index (κ2) is 11.9. The summed E-state index contributed by atoms with van der Waals surface area (Å²) in [5.74, 6) is -0.350. The number of rotatable bonds is 9. The van der Waals surface area contributed by atoms with Crippen LogP contribution in [0, 0.1) is 0 Å². The van der Waals surface area contributed by atoms with Gasteiger partial charge < -0.3 is 15.0 Å². The van der Waals surface area contributed by atoms with Crippen molar-refractivity contribution < 1.29 is 14.5 Å². The molecule has 2 aromatic rings. The number of carbonyl (C=O) groups is 1. The van der Waals surface area contributed by atoms with Crippen molar-refractivity contribution in [2.24, 2.45) is 10.3 Å². The van der Waals surface area contributed by atoms with E-state index >= 15 is 0 Å². The van der Waals surface area contributed by atoms with E-state index in [1.807, 2.05) is 42.5 Å². The standard InChI is InChI=1S/C21H21Cl2N3O3/c1-24-21(27)20(26-28-2)18-6-4-3-5-17(18)14-29-25-12-11-15-7-9-16(10-8-15)13-19(22)23/h3-10,12-13H,11,14H2,1-2H3,(H,24,27)/b25-12+,26-20-. The number of oxime groups is 2. The number of halogens is 2. The highest BCUT2D eigenvalue weighted by atomic mass is 35.5. The SMILES string of the molecule is CNC(=O)/C(=N\OC)c1ccccc1CO/N=C/Cc1ccc(C=C(Cl)Cl)cc1. The summed E-state index contributed by atoms with van der Waals surface area (Å²) >= 11 is 11.3. The molecule has 0 radical (unpaired) electrons. The van der Waals surface area contributed by atoms with Crippen molar-refractivity contribution in [1.29, 1.82) is 0 Å². The van der Waals surface area contributed by atoms with Crippen LogP contribution in [0.3, 0.4) is 0 Å². The zero-order valence-electron chi connectivity index (χ0n) is 16.1. The predicted octanol–water partition coefficient (Wildman–Crippen LogP) is 4.30. The predicted molar refractivity (Wildman–Crippen MR) is 117 cm³/mol. The number of amides is 1. The minimum Gasteiger partial charge on any atom is -0.398 e. The van der Waals surface area contributed by atoms with Crippen LogP contribution >= 0.6 is 23.2 Å². The molecule has 0 spiro atoms. The number of hydrogen-bond acceptors (Lipinski definition) is 5. The Hall–Kier alpha value is -2.83. The molecule has 2 aromatic carbocycles. The lowest BCUT2D eigenvalue weighted by Gasteiger charge is -2.09. The maximum absolute atomic E-state index is 12.1. The van der Waals surface area contributed by atoms with Gasteiger partial charge in [0.2, 0.25) is 0 Å². The Balaban J connectivity index is 1.98. The first-order valence-electron chi connectivity index (χ1n) is 8.72.